The lowest BCUT2D eigenvalue weighted by Crippen LogP contribution is -2.11. The molecule has 0 fully saturated rings. The van der Waals surface area contributed by atoms with E-state index in [1.807, 2.05) is 42.5 Å². The van der Waals surface area contributed by atoms with Gasteiger partial charge in [-0.15, -0.1) is 0 Å². The zero-order chi connectivity index (χ0) is 20.4. The van der Waals surface area contributed by atoms with Gasteiger partial charge in [0.2, 0.25) is 5.89 Å². The lowest BCUT2D eigenvalue weighted by atomic mass is 9.98. The van der Waals surface area contributed by atoms with Crippen LogP contribution in [0.4, 0.5) is 5.69 Å². The summed E-state index contributed by atoms with van der Waals surface area (Å²) in [6, 6.07) is 21.0. The van der Waals surface area contributed by atoms with Gasteiger partial charge >= 0.3 is 0 Å². The molecule has 0 spiro atoms. The largest absolute Gasteiger partial charge is 0.436 e. The van der Waals surface area contributed by atoms with Crippen LogP contribution in [0, 0.1) is 0 Å². The Bertz CT molecular complexity index is 1170. The molecule has 29 heavy (non-hydrogen) atoms. The summed E-state index contributed by atoms with van der Waals surface area (Å²) < 4.78 is 6.79. The van der Waals surface area contributed by atoms with Crippen molar-refractivity contribution in [1.82, 2.24) is 4.98 Å². The first-order valence-electron chi connectivity index (χ1n) is 9.61. The average Bonchev–Trinajstić information content (AvgIpc) is 3.17. The molecule has 5 heteroatoms. The van der Waals surface area contributed by atoms with Gasteiger partial charge < -0.3 is 9.73 Å². The highest BCUT2D eigenvalue weighted by atomic mass is 79.9. The fraction of sp³-hybridized carbons (Fsp3) is 0.167. The number of hydrogen-bond donors (Lipinski definition) is 1. The number of oxazole rings is 1. The number of amides is 1. The highest BCUT2D eigenvalue weighted by Gasteiger charge is 2.12. The van der Waals surface area contributed by atoms with E-state index in [1.54, 1.807) is 12.1 Å². The van der Waals surface area contributed by atoms with Gasteiger partial charge in [0.1, 0.15) is 5.52 Å². The molecule has 0 aliphatic carbocycles. The molecule has 1 atom stereocenters. The molecule has 1 amide bonds. The van der Waals surface area contributed by atoms with E-state index in [2.05, 4.69) is 52.2 Å². The maximum absolute atomic E-state index is 12.4. The van der Waals surface area contributed by atoms with Crippen LogP contribution >= 0.6 is 15.9 Å². The van der Waals surface area contributed by atoms with Gasteiger partial charge in [0.25, 0.3) is 5.91 Å². The Kier molecular flexibility index (Phi) is 5.49. The first-order valence-corrected chi connectivity index (χ1v) is 10.4. The lowest BCUT2D eigenvalue weighted by molar-refractivity contribution is 0.102. The third-order valence-electron chi connectivity index (χ3n) is 5.07. The summed E-state index contributed by atoms with van der Waals surface area (Å²) in [5, 5.41) is 2.91. The van der Waals surface area contributed by atoms with Crippen molar-refractivity contribution < 1.29 is 9.21 Å². The van der Waals surface area contributed by atoms with Gasteiger partial charge in [0, 0.05) is 21.3 Å². The molecule has 4 rings (SSSR count). The Morgan fingerprint density at radius 2 is 1.90 bits per heavy atom. The molecule has 0 saturated carbocycles. The van der Waals surface area contributed by atoms with Crippen molar-refractivity contribution in [3.8, 4) is 11.5 Å². The van der Waals surface area contributed by atoms with Crippen LogP contribution in [-0.2, 0) is 0 Å². The van der Waals surface area contributed by atoms with Gasteiger partial charge in [-0.1, -0.05) is 41.9 Å². The standard InChI is InChI=1S/C24H21BrN2O2/c1-3-15(2)17-9-12-22-21(14-17)27-24(29-22)16-7-10-20(11-8-16)26-23(28)18-5-4-6-19(25)13-18/h4-15H,3H2,1-2H3,(H,26,28). The minimum Gasteiger partial charge on any atom is -0.436 e. The minimum atomic E-state index is -0.154. The Morgan fingerprint density at radius 3 is 2.62 bits per heavy atom. The topological polar surface area (TPSA) is 55.1 Å². The van der Waals surface area contributed by atoms with Crippen molar-refractivity contribution in [2.45, 2.75) is 26.2 Å². The van der Waals surface area contributed by atoms with E-state index in [-0.39, 0.29) is 5.91 Å². The van der Waals surface area contributed by atoms with Crippen molar-refractivity contribution in [2.24, 2.45) is 0 Å². The predicted octanol–water partition coefficient (Wildman–Crippen LogP) is 7.02. The summed E-state index contributed by atoms with van der Waals surface area (Å²) in [6.07, 6.45) is 1.09. The quantitative estimate of drug-likeness (QED) is 0.356. The number of carbonyl (C=O) groups excluding carboxylic acids is 1. The molecule has 0 aliphatic heterocycles. The van der Waals surface area contributed by atoms with Crippen molar-refractivity contribution in [2.75, 3.05) is 5.32 Å². The Balaban J connectivity index is 1.53. The number of halogens is 1. The second-order valence-electron chi connectivity index (χ2n) is 7.10. The highest BCUT2D eigenvalue weighted by molar-refractivity contribution is 9.10. The van der Waals surface area contributed by atoms with Crippen LogP contribution in [0.25, 0.3) is 22.6 Å². The number of hydrogen-bond acceptors (Lipinski definition) is 3. The Hall–Kier alpha value is -2.92. The van der Waals surface area contributed by atoms with Gasteiger partial charge in [0.15, 0.2) is 5.58 Å². The fourth-order valence-electron chi connectivity index (χ4n) is 3.14. The number of aromatic nitrogens is 1. The molecular weight excluding hydrogens is 428 g/mol. The van der Waals surface area contributed by atoms with Crippen molar-refractivity contribution in [3.63, 3.8) is 0 Å². The van der Waals surface area contributed by atoms with Gasteiger partial charge in [-0.05, 0) is 72.5 Å². The molecule has 1 unspecified atom stereocenters. The van der Waals surface area contributed by atoms with Gasteiger partial charge in [-0.25, -0.2) is 4.98 Å². The predicted molar refractivity (Wildman–Crippen MR) is 120 cm³/mol. The van der Waals surface area contributed by atoms with E-state index in [0.29, 0.717) is 23.1 Å². The van der Waals surface area contributed by atoms with Crippen molar-refractivity contribution in [3.05, 3.63) is 82.3 Å². The summed E-state index contributed by atoms with van der Waals surface area (Å²) in [5.74, 6) is 0.914. The lowest BCUT2D eigenvalue weighted by Gasteiger charge is -2.07. The van der Waals surface area contributed by atoms with Crippen LogP contribution in [0.5, 0.6) is 0 Å². The van der Waals surface area contributed by atoms with Crippen LogP contribution in [0.1, 0.15) is 42.1 Å². The van der Waals surface area contributed by atoms with Crippen LogP contribution in [0.2, 0.25) is 0 Å². The molecule has 3 aromatic carbocycles. The number of fused-ring (bicyclic) bond motifs is 1. The van der Waals surface area contributed by atoms with Crippen molar-refractivity contribution in [1.29, 1.82) is 0 Å². The zero-order valence-corrected chi connectivity index (χ0v) is 17.9. The minimum absolute atomic E-state index is 0.154. The third-order valence-corrected chi connectivity index (χ3v) is 5.56. The fourth-order valence-corrected chi connectivity index (χ4v) is 3.54. The third kappa shape index (κ3) is 4.25. The SMILES string of the molecule is CCC(C)c1ccc2oc(-c3ccc(NC(=O)c4cccc(Br)c4)cc3)nc2c1. The second kappa shape index (κ2) is 8.21. The van der Waals surface area contributed by atoms with Gasteiger partial charge in [-0.2, -0.15) is 0 Å². The summed E-state index contributed by atoms with van der Waals surface area (Å²) in [6.45, 7) is 4.39. The molecule has 4 nitrogen and oxygen atoms in total. The molecule has 4 aromatic rings. The highest BCUT2D eigenvalue weighted by Crippen LogP contribution is 2.28. The summed E-state index contributed by atoms with van der Waals surface area (Å²) >= 11 is 3.38. The molecule has 1 aromatic heterocycles. The summed E-state index contributed by atoms with van der Waals surface area (Å²) in [5.41, 5.74) is 5.09. The number of nitrogens with one attached hydrogen (secondary N) is 1. The molecule has 1 N–H and O–H groups in total. The molecule has 0 radical (unpaired) electrons. The number of rotatable bonds is 5. The number of anilines is 1. The van der Waals surface area contributed by atoms with Gasteiger partial charge in [-0.3, -0.25) is 4.79 Å². The van der Waals surface area contributed by atoms with Crippen LogP contribution < -0.4 is 5.32 Å². The number of nitrogens with zero attached hydrogens (tertiary/aromatic N) is 1. The summed E-state index contributed by atoms with van der Waals surface area (Å²) in [7, 11) is 0. The molecule has 0 aliphatic rings. The smallest absolute Gasteiger partial charge is 0.255 e. The second-order valence-corrected chi connectivity index (χ2v) is 8.01. The Labute approximate surface area is 178 Å². The maximum atomic E-state index is 12.4. The monoisotopic (exact) mass is 448 g/mol. The molecule has 146 valence electrons. The molecular formula is C24H21BrN2O2. The molecule has 1 heterocycles. The number of carbonyl (C=O) groups is 1. The van der Waals surface area contributed by atoms with Crippen molar-refractivity contribution >= 4 is 38.6 Å². The Morgan fingerprint density at radius 1 is 1.10 bits per heavy atom. The van der Waals surface area contributed by atoms with E-state index >= 15 is 0 Å². The van der Waals surface area contributed by atoms with Crippen LogP contribution in [0.15, 0.2) is 75.6 Å². The molecule has 0 saturated heterocycles. The number of benzene rings is 3. The van der Waals surface area contributed by atoms with E-state index in [1.165, 1.54) is 5.56 Å². The molecule has 0 bridgehead atoms. The van der Waals surface area contributed by atoms with E-state index in [9.17, 15) is 4.79 Å². The normalized spacial score (nSPS) is 12.1. The van der Waals surface area contributed by atoms with E-state index < -0.39 is 0 Å². The van der Waals surface area contributed by atoms with Gasteiger partial charge in [0.05, 0.1) is 0 Å². The average molecular weight is 449 g/mol. The first kappa shape index (κ1) is 19.4. The van der Waals surface area contributed by atoms with Crippen LogP contribution in [-0.4, -0.2) is 10.9 Å². The van der Waals surface area contributed by atoms with Crippen LogP contribution in [0.3, 0.4) is 0 Å². The zero-order valence-electron chi connectivity index (χ0n) is 16.3. The maximum Gasteiger partial charge on any atom is 0.255 e. The summed E-state index contributed by atoms with van der Waals surface area (Å²) in [4.78, 5) is 17.0. The first-order chi connectivity index (χ1) is 14.0. The van der Waals surface area contributed by atoms with E-state index in [4.69, 9.17) is 4.42 Å². The van der Waals surface area contributed by atoms with E-state index in [0.717, 1.165) is 27.6 Å².